The first kappa shape index (κ1) is 12.2. The smallest absolute Gasteiger partial charge is 0.272 e. The second-order valence-corrected chi connectivity index (χ2v) is 4.00. The fourth-order valence-corrected chi connectivity index (χ4v) is 1.74. The second-order valence-electron chi connectivity index (χ2n) is 4.00. The summed E-state index contributed by atoms with van der Waals surface area (Å²) in [5.41, 5.74) is 1.11. The molecule has 0 atom stereocenters. The standard InChI is InChI=1S/C13H15N3O2/c1-3-16-9-10(6-7-12(16)17)14-13(18)11-5-4-8-15(11)2/h4-9H,3H2,1-2H3,(H,14,18). The number of rotatable bonds is 3. The zero-order valence-electron chi connectivity index (χ0n) is 10.4. The van der Waals surface area contributed by atoms with Crippen LogP contribution in [0, 0.1) is 0 Å². The lowest BCUT2D eigenvalue weighted by Crippen LogP contribution is -2.20. The first-order valence-electron chi connectivity index (χ1n) is 5.75. The molecule has 0 aliphatic rings. The molecule has 0 saturated carbocycles. The lowest BCUT2D eigenvalue weighted by molar-refractivity contribution is 0.101. The molecule has 2 aromatic rings. The molecule has 5 nitrogen and oxygen atoms in total. The summed E-state index contributed by atoms with van der Waals surface area (Å²) in [6, 6.07) is 6.60. The summed E-state index contributed by atoms with van der Waals surface area (Å²) in [6.45, 7) is 2.46. The van der Waals surface area contributed by atoms with Crippen LogP contribution < -0.4 is 10.9 Å². The number of pyridine rings is 1. The molecule has 0 aliphatic heterocycles. The van der Waals surface area contributed by atoms with Crippen LogP contribution in [0.15, 0.2) is 41.5 Å². The quantitative estimate of drug-likeness (QED) is 0.890. The Morgan fingerprint density at radius 2 is 2.11 bits per heavy atom. The van der Waals surface area contributed by atoms with E-state index >= 15 is 0 Å². The van der Waals surface area contributed by atoms with Gasteiger partial charge in [-0.3, -0.25) is 9.59 Å². The third-order valence-electron chi connectivity index (χ3n) is 2.76. The number of aryl methyl sites for hydroxylation is 2. The van der Waals surface area contributed by atoms with E-state index in [2.05, 4.69) is 5.32 Å². The molecule has 0 aromatic carbocycles. The highest BCUT2D eigenvalue weighted by molar-refractivity contribution is 6.03. The number of aromatic nitrogens is 2. The van der Waals surface area contributed by atoms with Gasteiger partial charge in [-0.15, -0.1) is 0 Å². The minimum absolute atomic E-state index is 0.0747. The van der Waals surface area contributed by atoms with Gasteiger partial charge in [0.05, 0.1) is 5.69 Å². The zero-order chi connectivity index (χ0) is 13.1. The van der Waals surface area contributed by atoms with Crippen LogP contribution in [-0.2, 0) is 13.6 Å². The van der Waals surface area contributed by atoms with Crippen LogP contribution in [0.3, 0.4) is 0 Å². The molecule has 0 unspecified atom stereocenters. The van der Waals surface area contributed by atoms with Gasteiger partial charge >= 0.3 is 0 Å². The van der Waals surface area contributed by atoms with Crippen LogP contribution >= 0.6 is 0 Å². The number of carbonyl (C=O) groups is 1. The molecular weight excluding hydrogens is 230 g/mol. The number of hydrogen-bond acceptors (Lipinski definition) is 2. The van der Waals surface area contributed by atoms with E-state index in [0.717, 1.165) is 0 Å². The third kappa shape index (κ3) is 2.34. The molecule has 0 radical (unpaired) electrons. The Morgan fingerprint density at radius 1 is 1.33 bits per heavy atom. The van der Waals surface area contributed by atoms with Crippen molar-refractivity contribution in [3.05, 3.63) is 52.7 Å². The van der Waals surface area contributed by atoms with Crippen molar-refractivity contribution < 1.29 is 4.79 Å². The lowest BCUT2D eigenvalue weighted by atomic mass is 10.3. The van der Waals surface area contributed by atoms with E-state index in [9.17, 15) is 9.59 Å². The van der Waals surface area contributed by atoms with Crippen LogP contribution in [0.5, 0.6) is 0 Å². The van der Waals surface area contributed by atoms with E-state index in [-0.39, 0.29) is 11.5 Å². The van der Waals surface area contributed by atoms with Gasteiger partial charge in [0.2, 0.25) is 0 Å². The summed E-state index contributed by atoms with van der Waals surface area (Å²) < 4.78 is 3.28. The number of nitrogens with zero attached hydrogens (tertiary/aromatic N) is 2. The zero-order valence-corrected chi connectivity index (χ0v) is 10.4. The molecule has 0 fully saturated rings. The normalized spacial score (nSPS) is 10.3. The highest BCUT2D eigenvalue weighted by atomic mass is 16.2. The number of amides is 1. The van der Waals surface area contributed by atoms with Gasteiger partial charge in [0.25, 0.3) is 11.5 Å². The number of hydrogen-bond donors (Lipinski definition) is 1. The molecule has 94 valence electrons. The van der Waals surface area contributed by atoms with Gasteiger partial charge in [0.1, 0.15) is 5.69 Å². The summed E-state index contributed by atoms with van der Waals surface area (Å²) in [6.07, 6.45) is 3.45. The van der Waals surface area contributed by atoms with Crippen LogP contribution in [0.25, 0.3) is 0 Å². The topological polar surface area (TPSA) is 56.0 Å². The number of carbonyl (C=O) groups excluding carboxylic acids is 1. The minimum Gasteiger partial charge on any atom is -0.347 e. The molecular formula is C13H15N3O2. The minimum atomic E-state index is -0.191. The van der Waals surface area contributed by atoms with E-state index in [4.69, 9.17) is 0 Å². The van der Waals surface area contributed by atoms with Gasteiger partial charge in [-0.2, -0.15) is 0 Å². The average molecular weight is 245 g/mol. The fraction of sp³-hybridized carbons (Fsp3) is 0.231. The summed E-state index contributed by atoms with van der Waals surface area (Å²) >= 11 is 0. The van der Waals surface area contributed by atoms with Gasteiger partial charge in [0, 0.05) is 32.1 Å². The van der Waals surface area contributed by atoms with E-state index < -0.39 is 0 Å². The van der Waals surface area contributed by atoms with Gasteiger partial charge in [-0.25, -0.2) is 0 Å². The van der Waals surface area contributed by atoms with Crippen molar-refractivity contribution in [3.8, 4) is 0 Å². The van der Waals surface area contributed by atoms with Crippen LogP contribution in [0.4, 0.5) is 5.69 Å². The lowest BCUT2D eigenvalue weighted by Gasteiger charge is -2.08. The first-order valence-corrected chi connectivity index (χ1v) is 5.75. The molecule has 0 spiro atoms. The van der Waals surface area contributed by atoms with E-state index in [1.165, 1.54) is 6.07 Å². The van der Waals surface area contributed by atoms with E-state index in [1.807, 2.05) is 26.2 Å². The predicted molar refractivity (Wildman–Crippen MR) is 69.7 cm³/mol. The Hall–Kier alpha value is -2.30. The molecule has 2 heterocycles. The van der Waals surface area contributed by atoms with Gasteiger partial charge < -0.3 is 14.5 Å². The largest absolute Gasteiger partial charge is 0.347 e. The Balaban J connectivity index is 2.22. The monoisotopic (exact) mass is 245 g/mol. The summed E-state index contributed by atoms with van der Waals surface area (Å²) in [4.78, 5) is 23.4. The summed E-state index contributed by atoms with van der Waals surface area (Å²) in [5, 5.41) is 2.77. The van der Waals surface area contributed by atoms with Gasteiger partial charge in [0.15, 0.2) is 0 Å². The Morgan fingerprint density at radius 3 is 2.72 bits per heavy atom. The molecule has 0 bridgehead atoms. The molecule has 1 amide bonds. The van der Waals surface area contributed by atoms with Crippen molar-refractivity contribution in [1.29, 1.82) is 0 Å². The summed E-state index contributed by atoms with van der Waals surface area (Å²) in [5.74, 6) is -0.191. The summed E-state index contributed by atoms with van der Waals surface area (Å²) in [7, 11) is 1.81. The third-order valence-corrected chi connectivity index (χ3v) is 2.76. The highest BCUT2D eigenvalue weighted by Crippen LogP contribution is 2.07. The molecule has 1 N–H and O–H groups in total. The first-order chi connectivity index (χ1) is 8.61. The maximum absolute atomic E-state index is 12.0. The molecule has 18 heavy (non-hydrogen) atoms. The van der Waals surface area contributed by atoms with Crippen molar-refractivity contribution in [3.63, 3.8) is 0 Å². The van der Waals surface area contributed by atoms with Crippen molar-refractivity contribution in [2.75, 3.05) is 5.32 Å². The van der Waals surface area contributed by atoms with Crippen molar-refractivity contribution in [2.45, 2.75) is 13.5 Å². The predicted octanol–water partition coefficient (Wildman–Crippen LogP) is 1.46. The van der Waals surface area contributed by atoms with Crippen LogP contribution in [-0.4, -0.2) is 15.0 Å². The maximum Gasteiger partial charge on any atom is 0.272 e. The molecule has 2 aromatic heterocycles. The Bertz CT molecular complexity index is 625. The Kier molecular flexibility index (Phi) is 3.32. The number of anilines is 1. The fourth-order valence-electron chi connectivity index (χ4n) is 1.74. The Labute approximate surface area is 105 Å². The molecule has 5 heteroatoms. The molecule has 0 aliphatic carbocycles. The SMILES string of the molecule is CCn1cc(NC(=O)c2cccn2C)ccc1=O. The van der Waals surface area contributed by atoms with E-state index in [0.29, 0.717) is 17.9 Å². The second kappa shape index (κ2) is 4.91. The highest BCUT2D eigenvalue weighted by Gasteiger charge is 2.09. The van der Waals surface area contributed by atoms with E-state index in [1.54, 1.807) is 27.5 Å². The van der Waals surface area contributed by atoms with Crippen molar-refractivity contribution >= 4 is 11.6 Å². The molecule has 0 saturated heterocycles. The van der Waals surface area contributed by atoms with Gasteiger partial charge in [-0.05, 0) is 25.1 Å². The number of nitrogens with one attached hydrogen (secondary N) is 1. The van der Waals surface area contributed by atoms with Crippen LogP contribution in [0.1, 0.15) is 17.4 Å². The van der Waals surface area contributed by atoms with Gasteiger partial charge in [-0.1, -0.05) is 0 Å². The van der Waals surface area contributed by atoms with Crippen molar-refractivity contribution in [1.82, 2.24) is 9.13 Å². The van der Waals surface area contributed by atoms with Crippen molar-refractivity contribution in [2.24, 2.45) is 7.05 Å². The average Bonchev–Trinajstić information content (AvgIpc) is 2.78. The molecule has 2 rings (SSSR count). The maximum atomic E-state index is 12.0. The van der Waals surface area contributed by atoms with Crippen LogP contribution in [0.2, 0.25) is 0 Å².